The lowest BCUT2D eigenvalue weighted by Gasteiger charge is -2.24. The van der Waals surface area contributed by atoms with Crippen LogP contribution in [0.15, 0.2) is 40.9 Å². The van der Waals surface area contributed by atoms with Crippen molar-refractivity contribution in [3.8, 4) is 0 Å². The maximum absolute atomic E-state index is 3.56. The third kappa shape index (κ3) is 3.01. The first-order chi connectivity index (χ1) is 9.02. The zero-order valence-electron chi connectivity index (χ0n) is 12.0. The van der Waals surface area contributed by atoms with Crippen molar-refractivity contribution in [1.82, 2.24) is 0 Å². The van der Waals surface area contributed by atoms with Crippen molar-refractivity contribution in [2.75, 3.05) is 11.9 Å². The molecule has 2 aromatic carbocycles. The molecule has 0 aromatic heterocycles. The number of halogens is 1. The SMILES string of the molecule is CCc1cccc(N(C)c2c(C)cc(Br)cc2C)c1. The molecule has 0 saturated heterocycles. The quantitative estimate of drug-likeness (QED) is 0.733. The zero-order chi connectivity index (χ0) is 14.0. The van der Waals surface area contributed by atoms with E-state index in [1.807, 2.05) is 0 Å². The van der Waals surface area contributed by atoms with Gasteiger partial charge in [-0.15, -0.1) is 0 Å². The van der Waals surface area contributed by atoms with Gasteiger partial charge in [0.1, 0.15) is 0 Å². The van der Waals surface area contributed by atoms with Gasteiger partial charge in [-0.1, -0.05) is 35.0 Å². The van der Waals surface area contributed by atoms with Crippen molar-refractivity contribution in [2.24, 2.45) is 0 Å². The van der Waals surface area contributed by atoms with Crippen LogP contribution in [0.1, 0.15) is 23.6 Å². The fraction of sp³-hybridized carbons (Fsp3) is 0.294. The van der Waals surface area contributed by atoms with Crippen LogP contribution in [0.2, 0.25) is 0 Å². The van der Waals surface area contributed by atoms with Gasteiger partial charge >= 0.3 is 0 Å². The number of nitrogens with zero attached hydrogens (tertiary/aromatic N) is 1. The lowest BCUT2D eigenvalue weighted by Crippen LogP contribution is -2.12. The highest BCUT2D eigenvalue weighted by molar-refractivity contribution is 9.10. The molecule has 0 spiro atoms. The maximum Gasteiger partial charge on any atom is 0.0468 e. The van der Waals surface area contributed by atoms with E-state index in [1.165, 1.54) is 28.1 Å². The van der Waals surface area contributed by atoms with E-state index >= 15 is 0 Å². The van der Waals surface area contributed by atoms with Crippen molar-refractivity contribution >= 4 is 27.3 Å². The summed E-state index contributed by atoms with van der Waals surface area (Å²) in [5, 5.41) is 0. The predicted molar refractivity (Wildman–Crippen MR) is 87.5 cm³/mol. The standard InChI is InChI=1S/C17H20BrN/c1-5-14-7-6-8-16(11-14)19(4)17-12(2)9-15(18)10-13(17)3/h6-11H,5H2,1-4H3. The monoisotopic (exact) mass is 317 g/mol. The fourth-order valence-corrected chi connectivity index (χ4v) is 3.23. The van der Waals surface area contributed by atoms with E-state index in [2.05, 4.69) is 85.0 Å². The Morgan fingerprint density at radius 3 is 2.26 bits per heavy atom. The molecule has 1 nitrogen and oxygen atoms in total. The van der Waals surface area contributed by atoms with Crippen molar-refractivity contribution in [2.45, 2.75) is 27.2 Å². The fourth-order valence-electron chi connectivity index (χ4n) is 2.55. The Bertz CT molecular complexity index is 567. The van der Waals surface area contributed by atoms with Crippen LogP contribution in [0.3, 0.4) is 0 Å². The molecule has 2 aromatic rings. The van der Waals surface area contributed by atoms with E-state index < -0.39 is 0 Å². The minimum atomic E-state index is 1.07. The van der Waals surface area contributed by atoms with Crippen molar-refractivity contribution in [1.29, 1.82) is 0 Å². The smallest absolute Gasteiger partial charge is 0.0468 e. The van der Waals surface area contributed by atoms with E-state index in [-0.39, 0.29) is 0 Å². The molecule has 100 valence electrons. The van der Waals surface area contributed by atoms with Gasteiger partial charge in [-0.05, 0) is 61.2 Å². The molecule has 0 fully saturated rings. The molecule has 2 rings (SSSR count). The van der Waals surface area contributed by atoms with Gasteiger partial charge in [0.15, 0.2) is 0 Å². The molecule has 0 amide bonds. The van der Waals surface area contributed by atoms with Gasteiger partial charge in [0, 0.05) is 22.9 Å². The average molecular weight is 318 g/mol. The summed E-state index contributed by atoms with van der Waals surface area (Å²) in [7, 11) is 2.14. The van der Waals surface area contributed by atoms with Crippen LogP contribution in [0.4, 0.5) is 11.4 Å². The largest absolute Gasteiger partial charge is 0.344 e. The minimum absolute atomic E-state index is 1.07. The number of benzene rings is 2. The summed E-state index contributed by atoms with van der Waals surface area (Å²) in [5.74, 6) is 0. The number of rotatable bonds is 3. The van der Waals surface area contributed by atoms with Gasteiger partial charge in [0.2, 0.25) is 0 Å². The predicted octanol–water partition coefficient (Wildman–Crippen LogP) is 5.40. The summed E-state index contributed by atoms with van der Waals surface area (Å²) >= 11 is 3.56. The Labute approximate surface area is 124 Å². The van der Waals surface area contributed by atoms with Crippen LogP contribution >= 0.6 is 15.9 Å². The van der Waals surface area contributed by atoms with Crippen LogP contribution in [0, 0.1) is 13.8 Å². The lowest BCUT2D eigenvalue weighted by molar-refractivity contribution is 1.11. The molecule has 0 unspecified atom stereocenters. The highest BCUT2D eigenvalue weighted by Crippen LogP contribution is 2.32. The first-order valence-corrected chi connectivity index (χ1v) is 7.41. The molecule has 0 aliphatic carbocycles. The summed E-state index contributed by atoms with van der Waals surface area (Å²) in [4.78, 5) is 2.27. The number of anilines is 2. The van der Waals surface area contributed by atoms with Gasteiger partial charge in [-0.2, -0.15) is 0 Å². The van der Waals surface area contributed by atoms with Crippen molar-refractivity contribution in [3.05, 3.63) is 57.6 Å². The lowest BCUT2D eigenvalue weighted by atomic mass is 10.1. The number of hydrogen-bond acceptors (Lipinski definition) is 1. The van der Waals surface area contributed by atoms with E-state index in [0.29, 0.717) is 0 Å². The zero-order valence-corrected chi connectivity index (χ0v) is 13.6. The molecule has 0 N–H and O–H groups in total. The van der Waals surface area contributed by atoms with E-state index in [0.717, 1.165) is 10.9 Å². The highest BCUT2D eigenvalue weighted by Gasteiger charge is 2.11. The van der Waals surface area contributed by atoms with Gasteiger partial charge in [-0.25, -0.2) is 0 Å². The number of aryl methyl sites for hydroxylation is 3. The van der Waals surface area contributed by atoms with Crippen LogP contribution in [-0.4, -0.2) is 7.05 Å². The summed E-state index contributed by atoms with van der Waals surface area (Å²) in [6.45, 7) is 6.51. The van der Waals surface area contributed by atoms with Crippen molar-refractivity contribution in [3.63, 3.8) is 0 Å². The molecule has 19 heavy (non-hydrogen) atoms. The summed E-state index contributed by atoms with van der Waals surface area (Å²) < 4.78 is 1.14. The van der Waals surface area contributed by atoms with Crippen LogP contribution in [-0.2, 0) is 6.42 Å². The highest BCUT2D eigenvalue weighted by atomic mass is 79.9. The minimum Gasteiger partial charge on any atom is -0.344 e. The first-order valence-electron chi connectivity index (χ1n) is 6.62. The van der Waals surface area contributed by atoms with Crippen LogP contribution in [0.5, 0.6) is 0 Å². The molecule has 0 radical (unpaired) electrons. The van der Waals surface area contributed by atoms with E-state index in [4.69, 9.17) is 0 Å². The Hall–Kier alpha value is -1.28. The first kappa shape index (κ1) is 14.1. The van der Waals surface area contributed by atoms with Crippen LogP contribution in [0.25, 0.3) is 0 Å². The summed E-state index contributed by atoms with van der Waals surface area (Å²) in [6, 6.07) is 13.1. The second-order valence-corrected chi connectivity index (χ2v) is 5.89. The molecule has 2 heteroatoms. The molecule has 0 saturated carbocycles. The Balaban J connectivity index is 2.46. The van der Waals surface area contributed by atoms with Gasteiger partial charge < -0.3 is 4.90 Å². The van der Waals surface area contributed by atoms with Gasteiger partial charge in [-0.3, -0.25) is 0 Å². The topological polar surface area (TPSA) is 3.24 Å². The molecule has 0 bridgehead atoms. The Morgan fingerprint density at radius 2 is 1.68 bits per heavy atom. The molecule has 0 aliphatic rings. The Kier molecular flexibility index (Phi) is 4.31. The molecule has 0 heterocycles. The Morgan fingerprint density at radius 1 is 1.05 bits per heavy atom. The number of hydrogen-bond donors (Lipinski definition) is 0. The van der Waals surface area contributed by atoms with Gasteiger partial charge in [0.05, 0.1) is 0 Å². The molecular weight excluding hydrogens is 298 g/mol. The van der Waals surface area contributed by atoms with Crippen LogP contribution < -0.4 is 4.90 Å². The van der Waals surface area contributed by atoms with Gasteiger partial charge in [0.25, 0.3) is 0 Å². The summed E-state index contributed by atoms with van der Waals surface area (Å²) in [6.07, 6.45) is 1.07. The average Bonchev–Trinajstić information content (AvgIpc) is 2.37. The third-order valence-corrected chi connectivity index (χ3v) is 3.96. The van der Waals surface area contributed by atoms with E-state index in [1.54, 1.807) is 0 Å². The second-order valence-electron chi connectivity index (χ2n) is 4.97. The third-order valence-electron chi connectivity index (χ3n) is 3.50. The van der Waals surface area contributed by atoms with E-state index in [9.17, 15) is 0 Å². The molecule has 0 aliphatic heterocycles. The molecule has 0 atom stereocenters. The summed E-state index contributed by atoms with van der Waals surface area (Å²) in [5.41, 5.74) is 6.48. The van der Waals surface area contributed by atoms with Crippen molar-refractivity contribution < 1.29 is 0 Å². The second kappa shape index (κ2) is 5.79. The normalized spacial score (nSPS) is 10.6. The molecular formula is C17H20BrN. The maximum atomic E-state index is 3.56.